The van der Waals surface area contributed by atoms with Crippen LogP contribution in [0.5, 0.6) is 0 Å². The highest BCUT2D eigenvalue weighted by molar-refractivity contribution is 7.90. The number of nitrogens with zero attached hydrogens (tertiary/aromatic N) is 2. The average molecular weight is 322 g/mol. The number of aromatic nitrogens is 1. The van der Waals surface area contributed by atoms with Gasteiger partial charge in [0.1, 0.15) is 4.90 Å². The summed E-state index contributed by atoms with van der Waals surface area (Å²) in [5.74, 6) is -1.81. The number of fused-ring (bicyclic) bond motifs is 1. The summed E-state index contributed by atoms with van der Waals surface area (Å²) in [7, 11) is -4.01. The quantitative estimate of drug-likeness (QED) is 0.774. The molecule has 0 spiro atoms. The first-order chi connectivity index (χ1) is 10.4. The largest absolute Gasteiger partial charge is 0.437 e. The molecule has 0 saturated carbocycles. The van der Waals surface area contributed by atoms with Gasteiger partial charge in [-0.3, -0.25) is 4.79 Å². The summed E-state index contributed by atoms with van der Waals surface area (Å²) >= 11 is 0. The predicted octanol–water partition coefficient (Wildman–Crippen LogP) is 0.942. The third-order valence-corrected chi connectivity index (χ3v) is 4.82. The number of carbonyl (C=O) groups excluding carboxylic acids is 2. The fourth-order valence-electron chi connectivity index (χ4n) is 2.01. The number of hydrogen-bond donors (Lipinski definition) is 0. The van der Waals surface area contributed by atoms with Crippen LogP contribution in [0.3, 0.4) is 0 Å². The predicted molar refractivity (Wildman–Crippen MR) is 71.3 cm³/mol. The zero-order valence-electron chi connectivity index (χ0n) is 11.3. The van der Waals surface area contributed by atoms with Gasteiger partial charge in [0.05, 0.1) is 11.3 Å². The molecular formula is C13H10N2O6S. The van der Waals surface area contributed by atoms with E-state index in [1.165, 1.54) is 24.3 Å². The number of sulfonamides is 1. The molecule has 1 aromatic heterocycles. The van der Waals surface area contributed by atoms with Crippen LogP contribution < -0.4 is 0 Å². The van der Waals surface area contributed by atoms with Crippen molar-refractivity contribution in [3.05, 3.63) is 47.3 Å². The third kappa shape index (κ3) is 2.15. The molecule has 0 radical (unpaired) electrons. The highest BCUT2D eigenvalue weighted by Crippen LogP contribution is 2.29. The fraction of sp³-hybridized carbons (Fsp3) is 0.154. The Morgan fingerprint density at radius 2 is 2.09 bits per heavy atom. The van der Waals surface area contributed by atoms with Crippen LogP contribution in [0.2, 0.25) is 0 Å². The lowest BCUT2D eigenvalue weighted by Gasteiger charge is -2.14. The molecule has 8 nitrogen and oxygen atoms in total. The van der Waals surface area contributed by atoms with Gasteiger partial charge in [0.15, 0.2) is 6.73 Å². The first-order valence-corrected chi connectivity index (χ1v) is 7.62. The summed E-state index contributed by atoms with van der Waals surface area (Å²) in [5.41, 5.74) is 0.526. The molecule has 3 rings (SSSR count). The molecular weight excluding hydrogens is 312 g/mol. The molecule has 0 aliphatic carbocycles. The van der Waals surface area contributed by atoms with E-state index in [1.807, 2.05) is 0 Å². The summed E-state index contributed by atoms with van der Waals surface area (Å²) in [4.78, 5) is 23.7. The summed E-state index contributed by atoms with van der Waals surface area (Å²) in [6.07, 6.45) is 0. The number of esters is 1. The van der Waals surface area contributed by atoms with Gasteiger partial charge in [-0.15, -0.1) is 0 Å². The van der Waals surface area contributed by atoms with Crippen LogP contribution in [-0.4, -0.2) is 36.5 Å². The number of amides is 1. The highest BCUT2D eigenvalue weighted by Gasteiger charge is 2.41. The lowest BCUT2D eigenvalue weighted by atomic mass is 10.2. The second-order valence-corrected chi connectivity index (χ2v) is 6.38. The Balaban J connectivity index is 1.80. The molecule has 22 heavy (non-hydrogen) atoms. The van der Waals surface area contributed by atoms with Gasteiger partial charge in [-0.05, 0) is 19.1 Å². The van der Waals surface area contributed by atoms with Crippen molar-refractivity contribution in [3.63, 3.8) is 0 Å². The van der Waals surface area contributed by atoms with E-state index in [-0.39, 0.29) is 16.2 Å². The molecule has 1 aliphatic rings. The molecule has 9 heteroatoms. The van der Waals surface area contributed by atoms with E-state index < -0.39 is 28.6 Å². The van der Waals surface area contributed by atoms with Gasteiger partial charge in [0.2, 0.25) is 5.76 Å². The van der Waals surface area contributed by atoms with Crippen molar-refractivity contribution in [3.8, 4) is 0 Å². The number of rotatable bonds is 3. The van der Waals surface area contributed by atoms with E-state index in [0.29, 0.717) is 10.00 Å². The molecule has 0 N–H and O–H groups in total. The maximum atomic E-state index is 12.2. The minimum Gasteiger partial charge on any atom is -0.437 e. The number of benzene rings is 1. The Morgan fingerprint density at radius 1 is 1.36 bits per heavy atom. The number of ether oxygens (including phenoxy) is 1. The highest BCUT2D eigenvalue weighted by atomic mass is 32.2. The van der Waals surface area contributed by atoms with Gasteiger partial charge in [-0.25, -0.2) is 13.2 Å². The average Bonchev–Trinajstić information content (AvgIpc) is 3.00. The topological polar surface area (TPSA) is 107 Å². The van der Waals surface area contributed by atoms with Crippen molar-refractivity contribution in [2.24, 2.45) is 0 Å². The minimum absolute atomic E-state index is 0.0501. The smallest absolute Gasteiger partial charge is 0.378 e. The molecule has 0 fully saturated rings. The van der Waals surface area contributed by atoms with Gasteiger partial charge in [-0.2, -0.15) is 4.31 Å². The second-order valence-electron chi connectivity index (χ2n) is 4.55. The van der Waals surface area contributed by atoms with Gasteiger partial charge in [0, 0.05) is 6.07 Å². The molecule has 1 aromatic carbocycles. The van der Waals surface area contributed by atoms with Crippen LogP contribution in [0.25, 0.3) is 0 Å². The fourth-order valence-corrected chi connectivity index (χ4v) is 3.44. The van der Waals surface area contributed by atoms with E-state index in [0.717, 1.165) is 0 Å². The molecule has 2 aromatic rings. The van der Waals surface area contributed by atoms with Crippen molar-refractivity contribution in [1.82, 2.24) is 9.46 Å². The van der Waals surface area contributed by atoms with Crippen molar-refractivity contribution in [2.75, 3.05) is 6.73 Å². The lowest BCUT2D eigenvalue weighted by Crippen LogP contribution is -2.33. The van der Waals surface area contributed by atoms with Crippen LogP contribution in [0.15, 0.2) is 39.8 Å². The standard InChI is InChI=1S/C13H10N2O6S/c1-8-6-10(21-14-8)13(17)20-7-15-12(16)9-4-2-3-5-11(9)22(15,18)19/h2-6H,7H2,1H3. The Bertz CT molecular complexity index is 870. The number of aryl methyl sites for hydroxylation is 1. The zero-order chi connectivity index (χ0) is 15.9. The summed E-state index contributed by atoms with van der Waals surface area (Å²) in [6.45, 7) is 0.889. The molecule has 2 heterocycles. The minimum atomic E-state index is -4.01. The Morgan fingerprint density at radius 3 is 2.73 bits per heavy atom. The molecule has 0 unspecified atom stereocenters. The first kappa shape index (κ1) is 14.3. The lowest BCUT2D eigenvalue weighted by molar-refractivity contribution is 0.0318. The number of carbonyl (C=O) groups is 2. The van der Waals surface area contributed by atoms with Gasteiger partial charge >= 0.3 is 5.97 Å². The van der Waals surface area contributed by atoms with Crippen molar-refractivity contribution in [2.45, 2.75) is 11.8 Å². The maximum absolute atomic E-state index is 12.2. The molecule has 1 aliphatic heterocycles. The molecule has 114 valence electrons. The summed E-state index contributed by atoms with van der Waals surface area (Å²) in [6, 6.07) is 7.13. The Kier molecular flexibility index (Phi) is 3.21. The SMILES string of the molecule is Cc1cc(C(=O)OCN2C(=O)c3ccccc3S2(=O)=O)on1. The van der Waals surface area contributed by atoms with Crippen molar-refractivity contribution >= 4 is 21.9 Å². The molecule has 1 amide bonds. The normalized spacial score (nSPS) is 15.7. The van der Waals surface area contributed by atoms with E-state index >= 15 is 0 Å². The van der Waals surface area contributed by atoms with E-state index in [9.17, 15) is 18.0 Å². The monoisotopic (exact) mass is 322 g/mol. The van der Waals surface area contributed by atoms with Gasteiger partial charge < -0.3 is 9.26 Å². The zero-order valence-corrected chi connectivity index (χ0v) is 12.2. The van der Waals surface area contributed by atoms with Gasteiger partial charge in [-0.1, -0.05) is 17.3 Å². The van der Waals surface area contributed by atoms with E-state index in [2.05, 4.69) is 5.16 Å². The molecule has 0 saturated heterocycles. The molecule has 0 atom stereocenters. The third-order valence-electron chi connectivity index (χ3n) is 3.05. The van der Waals surface area contributed by atoms with Crippen LogP contribution in [-0.2, 0) is 14.8 Å². The Hall–Kier alpha value is -2.68. The summed E-state index contributed by atoms with van der Waals surface area (Å²) < 4.78 is 34.5. The first-order valence-electron chi connectivity index (χ1n) is 6.18. The maximum Gasteiger partial charge on any atom is 0.378 e. The molecule has 0 bridgehead atoms. The van der Waals surface area contributed by atoms with Crippen LogP contribution in [0, 0.1) is 6.92 Å². The van der Waals surface area contributed by atoms with E-state index in [4.69, 9.17) is 9.26 Å². The summed E-state index contributed by atoms with van der Waals surface area (Å²) in [5, 5.41) is 3.52. The van der Waals surface area contributed by atoms with Crippen LogP contribution >= 0.6 is 0 Å². The van der Waals surface area contributed by atoms with E-state index in [1.54, 1.807) is 13.0 Å². The van der Waals surface area contributed by atoms with Crippen molar-refractivity contribution in [1.29, 1.82) is 0 Å². The van der Waals surface area contributed by atoms with Gasteiger partial charge in [0.25, 0.3) is 15.9 Å². The number of hydrogen-bond acceptors (Lipinski definition) is 7. The Labute approximate surface area is 125 Å². The second kappa shape index (κ2) is 4.95. The van der Waals surface area contributed by atoms with Crippen LogP contribution in [0.4, 0.5) is 0 Å². The van der Waals surface area contributed by atoms with Crippen molar-refractivity contribution < 1.29 is 27.3 Å². The van der Waals surface area contributed by atoms with Crippen LogP contribution in [0.1, 0.15) is 26.6 Å².